The van der Waals surface area contributed by atoms with Gasteiger partial charge in [-0.1, -0.05) is 23.7 Å². The normalized spacial score (nSPS) is 12.5. The zero-order valence-corrected chi connectivity index (χ0v) is 11.7. The Balaban J connectivity index is 2.25. The molecule has 1 nitrogen and oxygen atoms in total. The van der Waals surface area contributed by atoms with Gasteiger partial charge < -0.3 is 5.11 Å². The van der Waals surface area contributed by atoms with E-state index in [1.165, 1.54) is 12.1 Å². The third-order valence-electron chi connectivity index (χ3n) is 3.17. The van der Waals surface area contributed by atoms with E-state index in [1.807, 2.05) is 26.0 Å². The maximum absolute atomic E-state index is 13.2. The Morgan fingerprint density at radius 3 is 2.58 bits per heavy atom. The molecule has 0 bridgehead atoms. The van der Waals surface area contributed by atoms with Crippen molar-refractivity contribution in [1.82, 2.24) is 0 Å². The first-order valence-corrected chi connectivity index (χ1v) is 6.53. The second-order valence-electron chi connectivity index (χ2n) is 4.85. The molecule has 2 aromatic rings. The predicted octanol–water partition coefficient (Wildman–Crippen LogP) is 4.37. The van der Waals surface area contributed by atoms with Crippen molar-refractivity contribution >= 4 is 11.6 Å². The summed E-state index contributed by atoms with van der Waals surface area (Å²) in [5.74, 6) is -0.282. The van der Waals surface area contributed by atoms with Crippen molar-refractivity contribution in [1.29, 1.82) is 0 Å². The lowest BCUT2D eigenvalue weighted by molar-refractivity contribution is 0.178. The summed E-state index contributed by atoms with van der Waals surface area (Å²) < 4.78 is 13.2. The summed E-state index contributed by atoms with van der Waals surface area (Å²) in [7, 11) is 0. The molecule has 0 fully saturated rings. The number of hydrogen-bond acceptors (Lipinski definition) is 1. The van der Waals surface area contributed by atoms with E-state index in [4.69, 9.17) is 11.6 Å². The van der Waals surface area contributed by atoms with Gasteiger partial charge in [-0.05, 0) is 60.4 Å². The number of rotatable bonds is 3. The molecule has 2 rings (SSSR count). The fourth-order valence-corrected chi connectivity index (χ4v) is 2.44. The van der Waals surface area contributed by atoms with Crippen LogP contribution in [0.1, 0.15) is 28.4 Å². The molecule has 0 heterocycles. The molecule has 0 saturated carbocycles. The summed E-state index contributed by atoms with van der Waals surface area (Å²) in [5, 5.41) is 10.9. The molecule has 2 aromatic carbocycles. The molecule has 0 aliphatic rings. The molecule has 0 radical (unpaired) electrons. The van der Waals surface area contributed by atoms with Gasteiger partial charge in [-0.3, -0.25) is 0 Å². The number of benzene rings is 2. The first kappa shape index (κ1) is 14.0. The van der Waals surface area contributed by atoms with Gasteiger partial charge in [-0.2, -0.15) is 0 Å². The third kappa shape index (κ3) is 3.55. The van der Waals surface area contributed by atoms with Crippen LogP contribution in [-0.4, -0.2) is 5.11 Å². The largest absolute Gasteiger partial charge is 0.388 e. The van der Waals surface area contributed by atoms with Crippen molar-refractivity contribution in [3.8, 4) is 0 Å². The Morgan fingerprint density at radius 1 is 1.16 bits per heavy atom. The Labute approximate surface area is 117 Å². The van der Waals surface area contributed by atoms with E-state index in [9.17, 15) is 9.50 Å². The van der Waals surface area contributed by atoms with E-state index in [-0.39, 0.29) is 5.82 Å². The van der Waals surface area contributed by atoms with Gasteiger partial charge in [0.05, 0.1) is 6.10 Å². The van der Waals surface area contributed by atoms with Gasteiger partial charge in [-0.25, -0.2) is 4.39 Å². The molecule has 19 heavy (non-hydrogen) atoms. The summed E-state index contributed by atoms with van der Waals surface area (Å²) in [4.78, 5) is 0. The molecule has 1 N–H and O–H groups in total. The molecule has 1 unspecified atom stereocenters. The highest BCUT2D eigenvalue weighted by Gasteiger charge is 2.12. The Kier molecular flexibility index (Phi) is 4.23. The van der Waals surface area contributed by atoms with E-state index >= 15 is 0 Å². The van der Waals surface area contributed by atoms with Crippen molar-refractivity contribution in [3.63, 3.8) is 0 Å². The van der Waals surface area contributed by atoms with Crippen LogP contribution in [0.5, 0.6) is 0 Å². The van der Waals surface area contributed by atoms with Gasteiger partial charge in [-0.15, -0.1) is 0 Å². The summed E-state index contributed by atoms with van der Waals surface area (Å²) in [5.41, 5.74) is 3.54. The number of hydrogen-bond donors (Lipinski definition) is 1. The minimum Gasteiger partial charge on any atom is -0.388 e. The Bertz CT molecular complexity index is 575. The zero-order chi connectivity index (χ0) is 14.0. The summed E-state index contributed by atoms with van der Waals surface area (Å²) in [6.45, 7) is 3.83. The third-order valence-corrected chi connectivity index (χ3v) is 3.39. The second-order valence-corrected chi connectivity index (χ2v) is 5.29. The maximum atomic E-state index is 13.2. The SMILES string of the molecule is Cc1cc(Cl)cc(C(O)Cc2cc(F)ccc2C)c1. The molecule has 0 spiro atoms. The van der Waals surface area contributed by atoms with Gasteiger partial charge in [0.2, 0.25) is 0 Å². The summed E-state index contributed by atoms with van der Waals surface area (Å²) >= 11 is 5.98. The smallest absolute Gasteiger partial charge is 0.123 e. The predicted molar refractivity (Wildman–Crippen MR) is 76.0 cm³/mol. The van der Waals surface area contributed by atoms with E-state index < -0.39 is 6.10 Å². The quantitative estimate of drug-likeness (QED) is 0.884. The van der Waals surface area contributed by atoms with Gasteiger partial charge in [0.1, 0.15) is 5.82 Å². The number of aryl methyl sites for hydroxylation is 2. The minimum atomic E-state index is -0.683. The van der Waals surface area contributed by atoms with E-state index in [1.54, 1.807) is 12.1 Å². The van der Waals surface area contributed by atoms with Crippen molar-refractivity contribution in [3.05, 3.63) is 69.5 Å². The highest BCUT2D eigenvalue weighted by molar-refractivity contribution is 6.30. The molecular formula is C16H16ClFO. The minimum absolute atomic E-state index is 0.282. The molecule has 0 saturated heterocycles. The van der Waals surface area contributed by atoms with E-state index in [0.29, 0.717) is 11.4 Å². The van der Waals surface area contributed by atoms with E-state index in [2.05, 4.69) is 0 Å². The first-order chi connectivity index (χ1) is 8.95. The molecule has 3 heteroatoms. The van der Waals surface area contributed by atoms with Crippen LogP contribution >= 0.6 is 11.6 Å². The van der Waals surface area contributed by atoms with Crippen LogP contribution < -0.4 is 0 Å². The van der Waals surface area contributed by atoms with E-state index in [0.717, 1.165) is 22.3 Å². The molecule has 0 aliphatic heterocycles. The monoisotopic (exact) mass is 278 g/mol. The number of halogens is 2. The summed E-state index contributed by atoms with van der Waals surface area (Å²) in [6, 6.07) is 10.1. The van der Waals surface area contributed by atoms with Crippen molar-refractivity contribution in [2.24, 2.45) is 0 Å². The number of aliphatic hydroxyl groups is 1. The Morgan fingerprint density at radius 2 is 1.89 bits per heavy atom. The van der Waals surface area contributed by atoms with Crippen molar-refractivity contribution < 1.29 is 9.50 Å². The molecular weight excluding hydrogens is 263 g/mol. The molecule has 0 aromatic heterocycles. The highest BCUT2D eigenvalue weighted by atomic mass is 35.5. The van der Waals surface area contributed by atoms with Crippen LogP contribution in [0, 0.1) is 19.7 Å². The lowest BCUT2D eigenvalue weighted by Gasteiger charge is -2.14. The lowest BCUT2D eigenvalue weighted by atomic mass is 9.97. The average molecular weight is 279 g/mol. The van der Waals surface area contributed by atoms with Crippen LogP contribution in [0.3, 0.4) is 0 Å². The van der Waals surface area contributed by atoms with Crippen LogP contribution in [0.15, 0.2) is 36.4 Å². The lowest BCUT2D eigenvalue weighted by Crippen LogP contribution is -2.04. The first-order valence-electron chi connectivity index (χ1n) is 6.16. The standard InChI is InChI=1S/C16H16ClFO/c1-10-5-13(7-14(17)6-10)16(19)9-12-8-15(18)4-3-11(12)2/h3-8,16,19H,9H2,1-2H3. The Hall–Kier alpha value is -1.38. The molecule has 100 valence electrons. The maximum Gasteiger partial charge on any atom is 0.123 e. The van der Waals surface area contributed by atoms with Crippen LogP contribution in [-0.2, 0) is 6.42 Å². The fourth-order valence-electron chi connectivity index (χ4n) is 2.14. The van der Waals surface area contributed by atoms with Gasteiger partial charge in [0, 0.05) is 11.4 Å². The van der Waals surface area contributed by atoms with Crippen molar-refractivity contribution in [2.45, 2.75) is 26.4 Å². The van der Waals surface area contributed by atoms with Crippen LogP contribution in [0.25, 0.3) is 0 Å². The molecule has 0 aliphatic carbocycles. The topological polar surface area (TPSA) is 20.2 Å². The summed E-state index contributed by atoms with van der Waals surface area (Å²) in [6.07, 6.45) is -0.304. The highest BCUT2D eigenvalue weighted by Crippen LogP contribution is 2.24. The van der Waals surface area contributed by atoms with Gasteiger partial charge in [0.25, 0.3) is 0 Å². The fraction of sp³-hybridized carbons (Fsp3) is 0.250. The van der Waals surface area contributed by atoms with Crippen LogP contribution in [0.4, 0.5) is 4.39 Å². The number of aliphatic hydroxyl groups excluding tert-OH is 1. The molecule has 0 amide bonds. The van der Waals surface area contributed by atoms with Crippen LogP contribution in [0.2, 0.25) is 5.02 Å². The van der Waals surface area contributed by atoms with Crippen molar-refractivity contribution in [2.75, 3.05) is 0 Å². The molecule has 1 atom stereocenters. The van der Waals surface area contributed by atoms with Gasteiger partial charge >= 0.3 is 0 Å². The second kappa shape index (κ2) is 5.72. The average Bonchev–Trinajstić information content (AvgIpc) is 2.32. The van der Waals surface area contributed by atoms with Gasteiger partial charge in [0.15, 0.2) is 0 Å². The zero-order valence-electron chi connectivity index (χ0n) is 11.0.